The summed E-state index contributed by atoms with van der Waals surface area (Å²) in [6, 6.07) is 19.4. The Labute approximate surface area is 209 Å². The van der Waals surface area contributed by atoms with E-state index in [4.69, 9.17) is 27.9 Å². The van der Waals surface area contributed by atoms with Crippen molar-refractivity contribution in [2.45, 2.75) is 13.5 Å². The van der Waals surface area contributed by atoms with Gasteiger partial charge in [-0.05, 0) is 60.5 Å². The molecule has 0 saturated heterocycles. The third-order valence-corrected chi connectivity index (χ3v) is 6.74. The predicted molar refractivity (Wildman–Crippen MR) is 136 cm³/mol. The summed E-state index contributed by atoms with van der Waals surface area (Å²) >= 11 is 12.2. The number of nitrogens with one attached hydrogen (secondary N) is 1. The fraction of sp³-hybridized carbons (Fsp3) is 0.167. The molecule has 34 heavy (non-hydrogen) atoms. The van der Waals surface area contributed by atoms with Gasteiger partial charge in [-0.25, -0.2) is 13.8 Å². The molecule has 178 valence electrons. The lowest BCUT2D eigenvalue weighted by molar-refractivity contribution is -0.119. The number of amides is 1. The van der Waals surface area contributed by atoms with Gasteiger partial charge in [-0.1, -0.05) is 47.5 Å². The van der Waals surface area contributed by atoms with Crippen LogP contribution in [0.3, 0.4) is 0 Å². The lowest BCUT2D eigenvalue weighted by Gasteiger charge is -2.23. The van der Waals surface area contributed by atoms with Gasteiger partial charge in [0.05, 0.1) is 18.2 Å². The third-order valence-electron chi connectivity index (χ3n) is 4.83. The molecule has 0 bridgehead atoms. The summed E-state index contributed by atoms with van der Waals surface area (Å²) in [4.78, 5) is 12.4. The largest absolute Gasteiger partial charge is 0.489 e. The van der Waals surface area contributed by atoms with Crippen LogP contribution in [0.1, 0.15) is 16.7 Å². The molecule has 0 aromatic heterocycles. The highest BCUT2D eigenvalue weighted by atomic mass is 35.5. The molecule has 0 aliphatic heterocycles. The number of anilines is 1. The van der Waals surface area contributed by atoms with Crippen LogP contribution in [-0.2, 0) is 21.4 Å². The van der Waals surface area contributed by atoms with Crippen molar-refractivity contribution in [3.05, 3.63) is 93.5 Å². The molecule has 3 rings (SSSR count). The molecule has 0 saturated carbocycles. The molecule has 7 nitrogen and oxygen atoms in total. The van der Waals surface area contributed by atoms with Crippen LogP contribution in [0, 0.1) is 6.92 Å². The molecule has 1 N–H and O–H groups in total. The van der Waals surface area contributed by atoms with E-state index < -0.39 is 22.5 Å². The first-order valence-corrected chi connectivity index (χ1v) is 12.8. The molecular weight excluding hydrogens is 497 g/mol. The zero-order chi connectivity index (χ0) is 24.7. The summed E-state index contributed by atoms with van der Waals surface area (Å²) in [7, 11) is -3.72. The number of sulfonamides is 1. The monoisotopic (exact) mass is 519 g/mol. The van der Waals surface area contributed by atoms with Gasteiger partial charge in [-0.2, -0.15) is 5.10 Å². The average molecular weight is 520 g/mol. The van der Waals surface area contributed by atoms with Crippen LogP contribution < -0.4 is 14.5 Å². The van der Waals surface area contributed by atoms with E-state index in [1.807, 2.05) is 18.2 Å². The van der Waals surface area contributed by atoms with Crippen LogP contribution in [0.15, 0.2) is 71.8 Å². The Morgan fingerprint density at radius 1 is 1.03 bits per heavy atom. The normalized spacial score (nSPS) is 11.4. The molecule has 0 fully saturated rings. The van der Waals surface area contributed by atoms with Gasteiger partial charge in [0.2, 0.25) is 10.0 Å². The molecule has 0 aliphatic rings. The zero-order valence-corrected chi connectivity index (χ0v) is 20.9. The van der Waals surface area contributed by atoms with Gasteiger partial charge in [0, 0.05) is 15.6 Å². The predicted octanol–water partition coefficient (Wildman–Crippen LogP) is 4.80. The number of benzene rings is 3. The summed E-state index contributed by atoms with van der Waals surface area (Å²) in [5.74, 6) is 0.0579. The van der Waals surface area contributed by atoms with Crippen LogP contribution in [0.5, 0.6) is 5.75 Å². The second-order valence-electron chi connectivity index (χ2n) is 7.40. The smallest absolute Gasteiger partial charge is 0.260 e. The molecule has 0 spiro atoms. The van der Waals surface area contributed by atoms with E-state index in [0.717, 1.165) is 21.7 Å². The van der Waals surface area contributed by atoms with Gasteiger partial charge in [0.1, 0.15) is 18.9 Å². The lowest BCUT2D eigenvalue weighted by atomic mass is 10.2. The summed E-state index contributed by atoms with van der Waals surface area (Å²) in [5, 5.41) is 4.96. The van der Waals surface area contributed by atoms with Crippen molar-refractivity contribution in [2.24, 2.45) is 5.10 Å². The highest BCUT2D eigenvalue weighted by molar-refractivity contribution is 7.92. The molecule has 0 atom stereocenters. The summed E-state index contributed by atoms with van der Waals surface area (Å²) in [5.41, 5.74) is 4.84. The third kappa shape index (κ3) is 6.96. The molecule has 0 aliphatic carbocycles. The fourth-order valence-corrected chi connectivity index (χ4v) is 4.29. The Bertz CT molecular complexity index is 1300. The number of hydrogen-bond acceptors (Lipinski definition) is 5. The number of halogens is 2. The van der Waals surface area contributed by atoms with Gasteiger partial charge in [0.15, 0.2) is 0 Å². The van der Waals surface area contributed by atoms with E-state index in [1.54, 1.807) is 55.5 Å². The SMILES string of the molecule is Cc1c(Cl)cccc1N(CC(=O)N/N=C\c1ccc(OCc2ccccc2Cl)cc1)S(C)(=O)=O. The number of nitrogens with zero attached hydrogens (tertiary/aromatic N) is 2. The van der Waals surface area contributed by atoms with E-state index in [1.165, 1.54) is 6.21 Å². The highest BCUT2D eigenvalue weighted by Gasteiger charge is 2.23. The molecular formula is C24H23Cl2N3O4S. The van der Waals surface area contributed by atoms with Crippen LogP contribution >= 0.6 is 23.2 Å². The number of hydrogen-bond donors (Lipinski definition) is 1. The second-order valence-corrected chi connectivity index (χ2v) is 10.1. The van der Waals surface area contributed by atoms with Crippen molar-refractivity contribution in [1.29, 1.82) is 0 Å². The van der Waals surface area contributed by atoms with Gasteiger partial charge >= 0.3 is 0 Å². The highest BCUT2D eigenvalue weighted by Crippen LogP contribution is 2.28. The van der Waals surface area contributed by atoms with Crippen molar-refractivity contribution in [3.8, 4) is 5.75 Å². The van der Waals surface area contributed by atoms with Crippen molar-refractivity contribution >= 4 is 51.0 Å². The fourth-order valence-electron chi connectivity index (χ4n) is 3.02. The minimum Gasteiger partial charge on any atom is -0.489 e. The Balaban J connectivity index is 1.58. The van der Waals surface area contributed by atoms with Crippen LogP contribution in [0.25, 0.3) is 0 Å². The van der Waals surface area contributed by atoms with E-state index in [2.05, 4.69) is 10.5 Å². The molecule has 0 radical (unpaired) electrons. The maximum Gasteiger partial charge on any atom is 0.260 e. The van der Waals surface area contributed by atoms with Crippen molar-refractivity contribution in [2.75, 3.05) is 17.1 Å². The first-order valence-electron chi connectivity index (χ1n) is 10.2. The average Bonchev–Trinajstić information content (AvgIpc) is 2.79. The van der Waals surface area contributed by atoms with Crippen molar-refractivity contribution < 1.29 is 17.9 Å². The Morgan fingerprint density at radius 2 is 1.71 bits per heavy atom. The minimum absolute atomic E-state index is 0.335. The second kappa shape index (κ2) is 11.4. The lowest BCUT2D eigenvalue weighted by Crippen LogP contribution is -2.39. The molecule has 10 heteroatoms. The number of hydrazone groups is 1. The Kier molecular flexibility index (Phi) is 8.55. The van der Waals surface area contributed by atoms with Gasteiger partial charge in [-0.3, -0.25) is 9.10 Å². The molecule has 0 unspecified atom stereocenters. The minimum atomic E-state index is -3.72. The van der Waals surface area contributed by atoms with Gasteiger partial charge < -0.3 is 4.74 Å². The first-order chi connectivity index (χ1) is 16.1. The number of rotatable bonds is 9. The summed E-state index contributed by atoms with van der Waals surface area (Å²) in [6.07, 6.45) is 2.48. The zero-order valence-electron chi connectivity index (χ0n) is 18.5. The Morgan fingerprint density at radius 3 is 2.38 bits per heavy atom. The van der Waals surface area contributed by atoms with E-state index in [-0.39, 0.29) is 0 Å². The molecule has 3 aromatic rings. The summed E-state index contributed by atoms with van der Waals surface area (Å²) < 4.78 is 31.3. The summed E-state index contributed by atoms with van der Waals surface area (Å²) in [6.45, 7) is 1.59. The van der Waals surface area contributed by atoms with Crippen LogP contribution in [0.4, 0.5) is 5.69 Å². The number of ether oxygens (including phenoxy) is 1. The quantitative estimate of drug-likeness (QED) is 0.325. The van der Waals surface area contributed by atoms with Gasteiger partial charge in [0.25, 0.3) is 5.91 Å². The van der Waals surface area contributed by atoms with E-state index >= 15 is 0 Å². The molecule has 1 amide bonds. The topological polar surface area (TPSA) is 88.1 Å². The van der Waals surface area contributed by atoms with Crippen LogP contribution in [0.2, 0.25) is 10.0 Å². The molecule has 0 heterocycles. The number of carbonyl (C=O) groups is 1. The molecule has 3 aromatic carbocycles. The van der Waals surface area contributed by atoms with E-state index in [0.29, 0.717) is 33.7 Å². The maximum atomic E-state index is 12.4. The Hall–Kier alpha value is -3.07. The van der Waals surface area contributed by atoms with E-state index in [9.17, 15) is 13.2 Å². The number of carbonyl (C=O) groups excluding carboxylic acids is 1. The van der Waals surface area contributed by atoms with Crippen molar-refractivity contribution in [1.82, 2.24) is 5.43 Å². The first kappa shape index (κ1) is 25.6. The maximum absolute atomic E-state index is 12.4. The van der Waals surface area contributed by atoms with Gasteiger partial charge in [-0.15, -0.1) is 0 Å². The standard InChI is InChI=1S/C24H23Cl2N3O4S/c1-17-21(25)8-5-9-23(17)29(34(2,31)32)15-24(30)28-27-14-18-10-12-20(13-11-18)33-16-19-6-3-4-7-22(19)26/h3-14H,15-16H2,1-2H3,(H,28,30)/b27-14-. The van der Waals surface area contributed by atoms with Crippen LogP contribution in [-0.4, -0.2) is 33.3 Å². The van der Waals surface area contributed by atoms with Crippen molar-refractivity contribution in [3.63, 3.8) is 0 Å².